The molecule has 7 nitrogen and oxygen atoms in total. The summed E-state index contributed by atoms with van der Waals surface area (Å²) < 4.78 is 16.6. The minimum Gasteiger partial charge on any atom is -0.349 e. The molecule has 0 aliphatic carbocycles. The minimum atomic E-state index is -1.16. The zero-order chi connectivity index (χ0) is 26.6. The van der Waals surface area contributed by atoms with E-state index in [1.165, 1.54) is 15.6 Å². The summed E-state index contributed by atoms with van der Waals surface area (Å²) in [6.45, 7) is 7.64. The molecule has 3 aromatic carbocycles. The highest BCUT2D eigenvalue weighted by Crippen LogP contribution is 2.26. The number of nitrogens with one attached hydrogen (secondary N) is 1. The molecule has 1 aromatic heterocycles. The number of amides is 2. The van der Waals surface area contributed by atoms with Crippen LogP contribution in [0.2, 0.25) is 0 Å². The third-order valence-electron chi connectivity index (χ3n) is 6.17. The number of carbonyl (C=O) groups excluding carboxylic acids is 2. The molecule has 1 N–H and O–H groups in total. The first-order chi connectivity index (χ1) is 17.6. The van der Waals surface area contributed by atoms with Gasteiger partial charge in [-0.2, -0.15) is 0 Å². The molecule has 0 unspecified atom stereocenters. The van der Waals surface area contributed by atoms with Gasteiger partial charge in [-0.05, 0) is 63.4 Å². The predicted molar refractivity (Wildman–Crippen MR) is 141 cm³/mol. The molecule has 0 bridgehead atoms. The maximum absolute atomic E-state index is 15.1. The van der Waals surface area contributed by atoms with E-state index in [1.807, 2.05) is 76.2 Å². The second kappa shape index (κ2) is 10.9. The van der Waals surface area contributed by atoms with Crippen LogP contribution >= 0.6 is 0 Å². The van der Waals surface area contributed by atoms with Gasteiger partial charge in [0, 0.05) is 17.6 Å². The standard InChI is InChI=1S/C29H32FN5O2/c1-20-11-5-6-12-21(20)17-18-34(26(36)19-35-25-16-10-9-15-24(25)32-33-35)27(28(37)31-29(2,3)4)22-13-7-8-14-23(22)30/h5-16,27H,17-19H2,1-4H3,(H,31,37)/t27-/m0/s1. The quantitative estimate of drug-likeness (QED) is 0.383. The molecule has 0 spiro atoms. The summed E-state index contributed by atoms with van der Waals surface area (Å²) in [5, 5.41) is 11.2. The second-order valence-corrected chi connectivity index (χ2v) is 10.2. The molecule has 0 fully saturated rings. The van der Waals surface area contributed by atoms with Gasteiger partial charge in [-0.1, -0.05) is 59.8 Å². The molecule has 2 amide bonds. The Morgan fingerprint density at radius 2 is 1.68 bits per heavy atom. The lowest BCUT2D eigenvalue weighted by Gasteiger charge is -2.34. The number of para-hydroxylation sites is 1. The fourth-order valence-electron chi connectivity index (χ4n) is 4.37. The van der Waals surface area contributed by atoms with Gasteiger partial charge in [0.25, 0.3) is 0 Å². The molecule has 37 heavy (non-hydrogen) atoms. The molecular formula is C29H32FN5O2. The summed E-state index contributed by atoms with van der Waals surface area (Å²) in [7, 11) is 0. The lowest BCUT2D eigenvalue weighted by molar-refractivity contribution is -0.142. The zero-order valence-corrected chi connectivity index (χ0v) is 21.6. The van der Waals surface area contributed by atoms with Gasteiger partial charge in [-0.25, -0.2) is 9.07 Å². The highest BCUT2D eigenvalue weighted by atomic mass is 19.1. The number of halogens is 1. The van der Waals surface area contributed by atoms with E-state index in [1.54, 1.807) is 18.2 Å². The fourth-order valence-corrected chi connectivity index (χ4v) is 4.37. The molecule has 1 heterocycles. The van der Waals surface area contributed by atoms with Gasteiger partial charge in [0.15, 0.2) is 0 Å². The zero-order valence-electron chi connectivity index (χ0n) is 21.6. The van der Waals surface area contributed by atoms with Crippen molar-refractivity contribution in [3.05, 3.63) is 95.3 Å². The summed E-state index contributed by atoms with van der Waals surface area (Å²) in [5.74, 6) is -1.35. The van der Waals surface area contributed by atoms with Gasteiger partial charge in [0.05, 0.1) is 5.52 Å². The van der Waals surface area contributed by atoms with Gasteiger partial charge in [0.1, 0.15) is 23.9 Å². The molecule has 0 aliphatic rings. The van der Waals surface area contributed by atoms with E-state index < -0.39 is 23.3 Å². The van der Waals surface area contributed by atoms with Crippen LogP contribution in [-0.4, -0.2) is 43.8 Å². The van der Waals surface area contributed by atoms with E-state index in [0.717, 1.165) is 11.1 Å². The molecule has 0 aliphatic heterocycles. The van der Waals surface area contributed by atoms with Crippen LogP contribution in [0.15, 0.2) is 72.8 Å². The SMILES string of the molecule is Cc1ccccc1CCN(C(=O)Cn1nnc2ccccc21)[C@H](C(=O)NC(C)(C)C)c1ccccc1F. The van der Waals surface area contributed by atoms with Crippen molar-refractivity contribution in [3.63, 3.8) is 0 Å². The Labute approximate surface area is 216 Å². The Morgan fingerprint density at radius 1 is 1.00 bits per heavy atom. The fraction of sp³-hybridized carbons (Fsp3) is 0.310. The van der Waals surface area contributed by atoms with Gasteiger partial charge < -0.3 is 10.2 Å². The number of fused-ring (bicyclic) bond motifs is 1. The van der Waals surface area contributed by atoms with Crippen LogP contribution < -0.4 is 5.32 Å². The number of benzene rings is 3. The van der Waals surface area contributed by atoms with Crippen LogP contribution in [0.5, 0.6) is 0 Å². The van der Waals surface area contributed by atoms with Crippen molar-refractivity contribution in [3.8, 4) is 0 Å². The van der Waals surface area contributed by atoms with Crippen LogP contribution in [0.4, 0.5) is 4.39 Å². The average Bonchev–Trinajstić information content (AvgIpc) is 3.25. The monoisotopic (exact) mass is 501 g/mol. The first kappa shape index (κ1) is 26.0. The summed E-state index contributed by atoms with van der Waals surface area (Å²) in [5.41, 5.74) is 3.07. The minimum absolute atomic E-state index is 0.137. The molecule has 1 atom stereocenters. The van der Waals surface area contributed by atoms with Crippen molar-refractivity contribution >= 4 is 22.8 Å². The summed E-state index contributed by atoms with van der Waals surface area (Å²) in [6.07, 6.45) is 0.504. The van der Waals surface area contributed by atoms with Crippen LogP contribution in [0, 0.1) is 12.7 Å². The molecule has 0 saturated carbocycles. The highest BCUT2D eigenvalue weighted by molar-refractivity contribution is 5.89. The number of hydrogen-bond donors (Lipinski definition) is 1. The highest BCUT2D eigenvalue weighted by Gasteiger charge is 2.35. The Hall–Kier alpha value is -4.07. The van der Waals surface area contributed by atoms with Crippen molar-refractivity contribution in [2.45, 2.75) is 52.2 Å². The molecule has 0 radical (unpaired) electrons. The van der Waals surface area contributed by atoms with E-state index >= 15 is 4.39 Å². The number of aryl methyl sites for hydroxylation is 1. The molecule has 4 aromatic rings. The van der Waals surface area contributed by atoms with E-state index in [2.05, 4.69) is 15.6 Å². The average molecular weight is 502 g/mol. The number of carbonyl (C=O) groups is 2. The van der Waals surface area contributed by atoms with Crippen molar-refractivity contribution in [2.75, 3.05) is 6.54 Å². The van der Waals surface area contributed by atoms with E-state index in [9.17, 15) is 9.59 Å². The van der Waals surface area contributed by atoms with Crippen LogP contribution in [-0.2, 0) is 22.6 Å². The summed E-state index contributed by atoms with van der Waals surface area (Å²) >= 11 is 0. The Balaban J connectivity index is 1.74. The third kappa shape index (κ3) is 6.20. The Morgan fingerprint density at radius 3 is 2.41 bits per heavy atom. The summed E-state index contributed by atoms with van der Waals surface area (Å²) in [6, 6.07) is 20.2. The number of aromatic nitrogens is 3. The third-order valence-corrected chi connectivity index (χ3v) is 6.17. The lowest BCUT2D eigenvalue weighted by Crippen LogP contribution is -2.50. The first-order valence-electron chi connectivity index (χ1n) is 12.3. The van der Waals surface area contributed by atoms with Crippen molar-refractivity contribution in [1.29, 1.82) is 0 Å². The smallest absolute Gasteiger partial charge is 0.247 e. The largest absolute Gasteiger partial charge is 0.349 e. The van der Waals surface area contributed by atoms with Gasteiger partial charge >= 0.3 is 0 Å². The molecule has 4 rings (SSSR count). The normalized spacial score (nSPS) is 12.4. The Kier molecular flexibility index (Phi) is 7.66. The van der Waals surface area contributed by atoms with Crippen LogP contribution in [0.1, 0.15) is 43.5 Å². The lowest BCUT2D eigenvalue weighted by atomic mass is 9.99. The molecular weight excluding hydrogens is 469 g/mol. The molecule has 8 heteroatoms. The van der Waals surface area contributed by atoms with E-state index in [4.69, 9.17) is 0 Å². The first-order valence-corrected chi connectivity index (χ1v) is 12.3. The number of rotatable bonds is 8. The number of nitrogens with zero attached hydrogens (tertiary/aromatic N) is 4. The maximum Gasteiger partial charge on any atom is 0.247 e. The summed E-state index contributed by atoms with van der Waals surface area (Å²) in [4.78, 5) is 29.0. The van der Waals surface area contributed by atoms with Crippen LogP contribution in [0.25, 0.3) is 11.0 Å². The predicted octanol–water partition coefficient (Wildman–Crippen LogP) is 4.61. The van der Waals surface area contributed by atoms with E-state index in [0.29, 0.717) is 17.5 Å². The van der Waals surface area contributed by atoms with Gasteiger partial charge in [-0.15, -0.1) is 5.10 Å². The second-order valence-electron chi connectivity index (χ2n) is 10.2. The topological polar surface area (TPSA) is 80.1 Å². The van der Waals surface area contributed by atoms with Crippen molar-refractivity contribution in [2.24, 2.45) is 0 Å². The molecule has 192 valence electrons. The van der Waals surface area contributed by atoms with Crippen LogP contribution in [0.3, 0.4) is 0 Å². The molecule has 0 saturated heterocycles. The van der Waals surface area contributed by atoms with Gasteiger partial charge in [-0.3, -0.25) is 9.59 Å². The Bertz CT molecular complexity index is 1410. The maximum atomic E-state index is 15.1. The van der Waals surface area contributed by atoms with E-state index in [-0.39, 0.29) is 24.6 Å². The van der Waals surface area contributed by atoms with Gasteiger partial charge in [0.2, 0.25) is 11.8 Å². The number of hydrogen-bond acceptors (Lipinski definition) is 4. The van der Waals surface area contributed by atoms with Crippen molar-refractivity contribution in [1.82, 2.24) is 25.2 Å². The van der Waals surface area contributed by atoms with Crippen molar-refractivity contribution < 1.29 is 14.0 Å².